The van der Waals surface area contributed by atoms with Crippen molar-refractivity contribution >= 4 is 27.4 Å². The number of carbonyl (C=O) groups is 1. The van der Waals surface area contributed by atoms with Gasteiger partial charge in [0, 0.05) is 21.6 Å². The summed E-state index contributed by atoms with van der Waals surface area (Å²) in [5.74, 6) is 3.81. The highest BCUT2D eigenvalue weighted by molar-refractivity contribution is 9.10. The molecule has 4 atom stereocenters. The zero-order valence-electron chi connectivity index (χ0n) is 10.1. The average Bonchev–Trinajstić information content (AvgIpc) is 2.80. The van der Waals surface area contributed by atoms with Crippen LogP contribution >= 0.6 is 15.9 Å². The number of nitrogen functional groups attached to an aromatic ring is 1. The van der Waals surface area contributed by atoms with Crippen molar-refractivity contribution in [1.82, 2.24) is 0 Å². The van der Waals surface area contributed by atoms with Crippen LogP contribution < -0.4 is 5.73 Å². The number of Topliss-reactive ketones (excluding diaryl/α,β-unsaturated/α-hetero) is 1. The fraction of sp³-hybridized carbons (Fsp3) is 0.533. The number of rotatable bonds is 2. The van der Waals surface area contributed by atoms with E-state index in [2.05, 4.69) is 15.9 Å². The Labute approximate surface area is 115 Å². The summed E-state index contributed by atoms with van der Waals surface area (Å²) in [6, 6.07) is 5.58. The lowest BCUT2D eigenvalue weighted by atomic mass is 9.96. The normalized spacial score (nSPS) is 39.7. The first kappa shape index (κ1) is 11.0. The molecule has 94 valence electrons. The zero-order valence-corrected chi connectivity index (χ0v) is 11.7. The summed E-state index contributed by atoms with van der Waals surface area (Å²) in [5, 5.41) is 0. The lowest BCUT2D eigenvalue weighted by Crippen LogP contribution is -2.10. The molecule has 0 aliphatic heterocycles. The van der Waals surface area contributed by atoms with E-state index in [1.807, 2.05) is 18.2 Å². The molecule has 18 heavy (non-hydrogen) atoms. The topological polar surface area (TPSA) is 43.1 Å². The summed E-state index contributed by atoms with van der Waals surface area (Å²) in [6.07, 6.45) is 4.12. The quantitative estimate of drug-likeness (QED) is 0.671. The van der Waals surface area contributed by atoms with E-state index in [9.17, 15) is 4.79 Å². The van der Waals surface area contributed by atoms with Gasteiger partial charge >= 0.3 is 0 Å². The van der Waals surface area contributed by atoms with Crippen LogP contribution in [0, 0.1) is 29.6 Å². The van der Waals surface area contributed by atoms with Crippen molar-refractivity contribution < 1.29 is 4.79 Å². The van der Waals surface area contributed by atoms with Gasteiger partial charge < -0.3 is 5.73 Å². The predicted molar refractivity (Wildman–Crippen MR) is 74.2 cm³/mol. The van der Waals surface area contributed by atoms with Crippen molar-refractivity contribution in [3.8, 4) is 0 Å². The first-order chi connectivity index (χ1) is 8.66. The second-order valence-electron chi connectivity index (χ2n) is 6.11. The van der Waals surface area contributed by atoms with Crippen molar-refractivity contribution in [3.63, 3.8) is 0 Å². The van der Waals surface area contributed by atoms with Gasteiger partial charge in [0.05, 0.1) is 0 Å². The average molecular weight is 306 g/mol. The summed E-state index contributed by atoms with van der Waals surface area (Å²) in [5.41, 5.74) is 7.29. The minimum atomic E-state index is 0.326. The fourth-order valence-corrected chi connectivity index (χ4v) is 4.93. The van der Waals surface area contributed by atoms with Crippen LogP contribution in [-0.4, -0.2) is 5.78 Å². The Morgan fingerprint density at radius 3 is 2.50 bits per heavy atom. The Kier molecular flexibility index (Phi) is 2.20. The summed E-state index contributed by atoms with van der Waals surface area (Å²) < 4.78 is 0.835. The first-order valence-electron chi connectivity index (χ1n) is 6.76. The van der Waals surface area contributed by atoms with E-state index in [-0.39, 0.29) is 0 Å². The maximum atomic E-state index is 12.5. The van der Waals surface area contributed by atoms with Crippen LogP contribution in [0.15, 0.2) is 22.7 Å². The molecule has 0 saturated heterocycles. The van der Waals surface area contributed by atoms with Crippen LogP contribution in [0.2, 0.25) is 0 Å². The first-order valence-corrected chi connectivity index (χ1v) is 7.55. The highest BCUT2D eigenvalue weighted by Crippen LogP contribution is 2.69. The molecule has 3 fully saturated rings. The molecule has 2 bridgehead atoms. The molecule has 1 aromatic carbocycles. The Morgan fingerprint density at radius 1 is 1.22 bits per heavy atom. The Hall–Kier alpha value is -0.830. The second kappa shape index (κ2) is 3.60. The van der Waals surface area contributed by atoms with Crippen LogP contribution in [0.3, 0.4) is 0 Å². The third-order valence-corrected chi connectivity index (χ3v) is 6.01. The van der Waals surface area contributed by atoms with E-state index < -0.39 is 0 Å². The number of carbonyl (C=O) groups excluding carboxylic acids is 1. The SMILES string of the molecule is Nc1ccc(C(=O)C2C3C4CCC(C4)C23)cc1Br. The van der Waals surface area contributed by atoms with E-state index >= 15 is 0 Å². The molecule has 3 aliphatic carbocycles. The molecule has 4 unspecified atom stereocenters. The number of nitrogens with two attached hydrogens (primary N) is 1. The number of hydrogen-bond donors (Lipinski definition) is 1. The molecule has 0 heterocycles. The van der Waals surface area contributed by atoms with Crippen LogP contribution in [-0.2, 0) is 0 Å². The van der Waals surface area contributed by atoms with E-state index in [0.717, 1.165) is 21.9 Å². The lowest BCUT2D eigenvalue weighted by molar-refractivity contribution is 0.0944. The van der Waals surface area contributed by atoms with Gasteiger partial charge in [-0.1, -0.05) is 0 Å². The Bertz CT molecular complexity index is 525. The highest BCUT2D eigenvalue weighted by Gasteiger charge is 2.67. The molecular weight excluding hydrogens is 290 g/mol. The third kappa shape index (κ3) is 1.37. The van der Waals surface area contributed by atoms with Gasteiger partial charge in [0.1, 0.15) is 0 Å². The van der Waals surface area contributed by atoms with Gasteiger partial charge in [-0.2, -0.15) is 0 Å². The minimum absolute atomic E-state index is 0.326. The number of ketones is 1. The molecule has 3 saturated carbocycles. The van der Waals surface area contributed by atoms with Crippen LogP contribution in [0.1, 0.15) is 29.6 Å². The van der Waals surface area contributed by atoms with Gasteiger partial charge in [-0.3, -0.25) is 4.79 Å². The number of benzene rings is 1. The Balaban J connectivity index is 1.60. The van der Waals surface area contributed by atoms with Gasteiger partial charge in [-0.05, 0) is 77.1 Å². The van der Waals surface area contributed by atoms with Gasteiger partial charge in [0.2, 0.25) is 0 Å². The van der Waals surface area contributed by atoms with Gasteiger partial charge in [-0.25, -0.2) is 0 Å². The van der Waals surface area contributed by atoms with E-state index in [1.165, 1.54) is 19.3 Å². The van der Waals surface area contributed by atoms with Crippen LogP contribution in [0.25, 0.3) is 0 Å². The Morgan fingerprint density at radius 2 is 1.89 bits per heavy atom. The van der Waals surface area contributed by atoms with Crippen molar-refractivity contribution in [1.29, 1.82) is 0 Å². The van der Waals surface area contributed by atoms with Crippen molar-refractivity contribution in [2.24, 2.45) is 29.6 Å². The molecule has 0 aromatic heterocycles. The molecular formula is C15H16BrNO. The predicted octanol–water partition coefficient (Wildman–Crippen LogP) is 3.51. The largest absolute Gasteiger partial charge is 0.398 e. The molecule has 2 N–H and O–H groups in total. The molecule has 0 amide bonds. The van der Waals surface area contributed by atoms with Crippen molar-refractivity contribution in [2.75, 3.05) is 5.73 Å². The highest BCUT2D eigenvalue weighted by atomic mass is 79.9. The fourth-order valence-electron chi connectivity index (χ4n) is 4.55. The minimum Gasteiger partial charge on any atom is -0.398 e. The standard InChI is InChI=1S/C15H16BrNO/c16-10-6-9(3-4-11(10)17)15(18)14-12-7-1-2-8(5-7)13(12)14/h3-4,6-8,12-14H,1-2,5,17H2. The second-order valence-corrected chi connectivity index (χ2v) is 6.97. The maximum Gasteiger partial charge on any atom is 0.166 e. The van der Waals surface area contributed by atoms with Gasteiger partial charge in [0.15, 0.2) is 5.78 Å². The van der Waals surface area contributed by atoms with E-state index in [0.29, 0.717) is 29.2 Å². The van der Waals surface area contributed by atoms with Gasteiger partial charge in [0.25, 0.3) is 0 Å². The molecule has 0 radical (unpaired) electrons. The monoisotopic (exact) mass is 305 g/mol. The summed E-state index contributed by atoms with van der Waals surface area (Å²) in [6.45, 7) is 0. The smallest absolute Gasteiger partial charge is 0.166 e. The summed E-state index contributed by atoms with van der Waals surface area (Å²) in [7, 11) is 0. The summed E-state index contributed by atoms with van der Waals surface area (Å²) >= 11 is 3.40. The number of fused-ring (bicyclic) bond motifs is 5. The molecule has 3 heteroatoms. The molecule has 3 aliphatic rings. The molecule has 4 rings (SSSR count). The maximum absolute atomic E-state index is 12.5. The number of halogens is 1. The molecule has 1 aromatic rings. The van der Waals surface area contributed by atoms with Crippen molar-refractivity contribution in [3.05, 3.63) is 28.2 Å². The van der Waals surface area contributed by atoms with Crippen LogP contribution in [0.5, 0.6) is 0 Å². The number of anilines is 1. The summed E-state index contributed by atoms with van der Waals surface area (Å²) in [4.78, 5) is 12.5. The van der Waals surface area contributed by atoms with Gasteiger partial charge in [-0.15, -0.1) is 0 Å². The molecule has 0 spiro atoms. The third-order valence-electron chi connectivity index (χ3n) is 5.32. The lowest BCUT2D eigenvalue weighted by Gasteiger charge is -2.08. The zero-order chi connectivity index (χ0) is 12.4. The van der Waals surface area contributed by atoms with Crippen molar-refractivity contribution in [2.45, 2.75) is 19.3 Å². The molecule has 2 nitrogen and oxygen atoms in total. The number of hydrogen-bond acceptors (Lipinski definition) is 2. The van der Waals surface area contributed by atoms with E-state index in [1.54, 1.807) is 0 Å². The van der Waals surface area contributed by atoms with E-state index in [4.69, 9.17) is 5.73 Å². The van der Waals surface area contributed by atoms with Crippen LogP contribution in [0.4, 0.5) is 5.69 Å².